The van der Waals surface area contributed by atoms with Gasteiger partial charge in [0.25, 0.3) is 0 Å². The molecule has 1 aliphatic rings. The molecule has 0 saturated carbocycles. The summed E-state index contributed by atoms with van der Waals surface area (Å²) in [4.78, 5) is 23.0. The summed E-state index contributed by atoms with van der Waals surface area (Å²) in [5.41, 5.74) is 1.97. The van der Waals surface area contributed by atoms with Gasteiger partial charge in [-0.2, -0.15) is 0 Å². The molecule has 0 atom stereocenters. The van der Waals surface area contributed by atoms with E-state index in [4.69, 9.17) is 0 Å². The normalized spacial score (nSPS) is 18.9. The average Bonchev–Trinajstić information content (AvgIpc) is 2.27. The predicted octanol–water partition coefficient (Wildman–Crippen LogP) is 2.50. The lowest BCUT2D eigenvalue weighted by Crippen LogP contribution is -2.45. The van der Waals surface area contributed by atoms with Crippen LogP contribution in [0.5, 0.6) is 0 Å². The second-order valence-corrected chi connectivity index (χ2v) is 5.66. The highest BCUT2D eigenvalue weighted by Crippen LogP contribution is 2.34. The maximum Gasteiger partial charge on any atom is 0.227 e. The molecule has 1 aromatic rings. The van der Waals surface area contributed by atoms with Crippen molar-refractivity contribution in [2.75, 3.05) is 0 Å². The van der Waals surface area contributed by atoms with Crippen molar-refractivity contribution in [2.45, 2.75) is 44.9 Å². The van der Waals surface area contributed by atoms with Crippen molar-refractivity contribution in [1.82, 2.24) is 5.32 Å². The molecule has 2 rings (SSSR count). The van der Waals surface area contributed by atoms with Gasteiger partial charge in [0, 0.05) is 18.3 Å². The number of amides is 2. The molecule has 1 N–H and O–H groups in total. The van der Waals surface area contributed by atoms with Crippen LogP contribution in [0.15, 0.2) is 24.3 Å². The third-order valence-corrected chi connectivity index (χ3v) is 3.65. The Kier molecular flexibility index (Phi) is 3.24. The summed E-state index contributed by atoms with van der Waals surface area (Å²) in [5.74, 6) is 0.131. The van der Waals surface area contributed by atoms with Crippen LogP contribution in [0.2, 0.25) is 0 Å². The monoisotopic (exact) mass is 245 g/mol. The first kappa shape index (κ1) is 12.8. The zero-order valence-electron chi connectivity index (χ0n) is 11.1. The van der Waals surface area contributed by atoms with Crippen molar-refractivity contribution in [3.05, 3.63) is 35.4 Å². The van der Waals surface area contributed by atoms with E-state index in [2.05, 4.69) is 31.3 Å². The topological polar surface area (TPSA) is 46.2 Å². The van der Waals surface area contributed by atoms with Crippen LogP contribution < -0.4 is 5.32 Å². The van der Waals surface area contributed by atoms with E-state index in [-0.39, 0.29) is 17.2 Å². The SMILES string of the molecule is CC(C)c1ccc(C2(C)CC(=O)NC(=O)C2)cc1. The molecule has 0 spiro atoms. The third kappa shape index (κ3) is 2.45. The fourth-order valence-electron chi connectivity index (χ4n) is 2.49. The lowest BCUT2D eigenvalue weighted by molar-refractivity contribution is -0.135. The summed E-state index contributed by atoms with van der Waals surface area (Å²) in [6, 6.07) is 8.26. The van der Waals surface area contributed by atoms with Gasteiger partial charge in [-0.1, -0.05) is 45.0 Å². The van der Waals surface area contributed by atoms with Crippen molar-refractivity contribution < 1.29 is 9.59 Å². The molecule has 3 heteroatoms. The van der Waals surface area contributed by atoms with Gasteiger partial charge in [0.2, 0.25) is 11.8 Å². The largest absolute Gasteiger partial charge is 0.296 e. The van der Waals surface area contributed by atoms with Gasteiger partial charge in [-0.25, -0.2) is 0 Å². The maximum absolute atomic E-state index is 11.5. The number of carbonyl (C=O) groups is 2. The average molecular weight is 245 g/mol. The van der Waals surface area contributed by atoms with E-state index in [0.29, 0.717) is 18.8 Å². The van der Waals surface area contributed by atoms with Crippen LogP contribution in [0, 0.1) is 0 Å². The Morgan fingerprint density at radius 2 is 1.56 bits per heavy atom. The highest BCUT2D eigenvalue weighted by atomic mass is 16.2. The van der Waals surface area contributed by atoms with Gasteiger partial charge in [-0.3, -0.25) is 14.9 Å². The Labute approximate surface area is 108 Å². The summed E-state index contributed by atoms with van der Waals surface area (Å²) in [6.45, 7) is 6.27. The standard InChI is InChI=1S/C15H19NO2/c1-10(2)11-4-6-12(7-5-11)15(3)8-13(17)16-14(18)9-15/h4-7,10H,8-9H2,1-3H3,(H,16,17,18). The molecular formula is C15H19NO2. The van der Waals surface area contributed by atoms with Gasteiger partial charge < -0.3 is 0 Å². The lowest BCUT2D eigenvalue weighted by Gasteiger charge is -2.32. The Bertz CT molecular complexity index is 458. The van der Waals surface area contributed by atoms with Crippen LogP contribution in [0.25, 0.3) is 0 Å². The Hall–Kier alpha value is -1.64. The number of imide groups is 1. The predicted molar refractivity (Wildman–Crippen MR) is 70.3 cm³/mol. The Morgan fingerprint density at radius 3 is 2.00 bits per heavy atom. The van der Waals surface area contributed by atoms with Gasteiger partial charge in [-0.05, 0) is 17.0 Å². The lowest BCUT2D eigenvalue weighted by atomic mass is 9.74. The molecule has 0 radical (unpaired) electrons. The number of hydrogen-bond acceptors (Lipinski definition) is 2. The number of rotatable bonds is 2. The molecule has 1 fully saturated rings. The Morgan fingerprint density at radius 1 is 1.06 bits per heavy atom. The smallest absolute Gasteiger partial charge is 0.227 e. The number of hydrogen-bond donors (Lipinski definition) is 1. The number of piperidine rings is 1. The fourth-order valence-corrected chi connectivity index (χ4v) is 2.49. The van der Waals surface area contributed by atoms with Crippen molar-refractivity contribution in [2.24, 2.45) is 0 Å². The first-order valence-electron chi connectivity index (χ1n) is 6.34. The summed E-state index contributed by atoms with van der Waals surface area (Å²) < 4.78 is 0. The first-order valence-corrected chi connectivity index (χ1v) is 6.34. The van der Waals surface area contributed by atoms with Crippen LogP contribution in [-0.2, 0) is 15.0 Å². The zero-order valence-corrected chi connectivity index (χ0v) is 11.1. The van der Waals surface area contributed by atoms with Crippen LogP contribution in [0.1, 0.15) is 50.7 Å². The highest BCUT2D eigenvalue weighted by molar-refractivity contribution is 5.99. The van der Waals surface area contributed by atoms with Gasteiger partial charge >= 0.3 is 0 Å². The van der Waals surface area contributed by atoms with Crippen molar-refractivity contribution in [1.29, 1.82) is 0 Å². The fraction of sp³-hybridized carbons (Fsp3) is 0.467. The van der Waals surface area contributed by atoms with Crippen LogP contribution >= 0.6 is 0 Å². The van der Waals surface area contributed by atoms with Crippen molar-refractivity contribution >= 4 is 11.8 Å². The molecule has 1 aliphatic heterocycles. The minimum atomic E-state index is -0.366. The molecular weight excluding hydrogens is 226 g/mol. The molecule has 0 unspecified atom stereocenters. The van der Waals surface area contributed by atoms with E-state index < -0.39 is 0 Å². The summed E-state index contributed by atoms with van der Waals surface area (Å²) in [6.07, 6.45) is 0.750. The minimum Gasteiger partial charge on any atom is -0.296 e. The molecule has 2 amide bonds. The van der Waals surface area contributed by atoms with E-state index in [9.17, 15) is 9.59 Å². The molecule has 3 nitrogen and oxygen atoms in total. The minimum absolute atomic E-state index is 0.179. The third-order valence-electron chi connectivity index (χ3n) is 3.65. The van der Waals surface area contributed by atoms with E-state index in [1.165, 1.54) is 5.56 Å². The van der Waals surface area contributed by atoms with Crippen molar-refractivity contribution in [3.8, 4) is 0 Å². The van der Waals surface area contributed by atoms with Crippen LogP contribution in [-0.4, -0.2) is 11.8 Å². The zero-order chi connectivity index (χ0) is 13.3. The molecule has 1 heterocycles. The summed E-state index contributed by atoms with van der Waals surface area (Å²) in [7, 11) is 0. The van der Waals surface area contributed by atoms with Crippen LogP contribution in [0.3, 0.4) is 0 Å². The second kappa shape index (κ2) is 4.56. The summed E-state index contributed by atoms with van der Waals surface area (Å²) in [5, 5.41) is 2.36. The molecule has 0 aliphatic carbocycles. The molecule has 1 aromatic carbocycles. The van der Waals surface area contributed by atoms with Gasteiger partial charge in [0.15, 0.2) is 0 Å². The highest BCUT2D eigenvalue weighted by Gasteiger charge is 2.36. The second-order valence-electron chi connectivity index (χ2n) is 5.66. The number of carbonyl (C=O) groups excluding carboxylic acids is 2. The summed E-state index contributed by atoms with van der Waals surface area (Å²) >= 11 is 0. The molecule has 18 heavy (non-hydrogen) atoms. The molecule has 96 valence electrons. The Balaban J connectivity index is 2.29. The first-order chi connectivity index (χ1) is 8.40. The van der Waals surface area contributed by atoms with Gasteiger partial charge in [-0.15, -0.1) is 0 Å². The maximum atomic E-state index is 11.5. The van der Waals surface area contributed by atoms with E-state index in [0.717, 1.165) is 5.56 Å². The van der Waals surface area contributed by atoms with Gasteiger partial charge in [0.05, 0.1) is 0 Å². The van der Waals surface area contributed by atoms with E-state index >= 15 is 0 Å². The van der Waals surface area contributed by atoms with Gasteiger partial charge in [0.1, 0.15) is 0 Å². The number of benzene rings is 1. The van der Waals surface area contributed by atoms with Crippen LogP contribution in [0.4, 0.5) is 0 Å². The van der Waals surface area contributed by atoms with Crippen molar-refractivity contribution in [3.63, 3.8) is 0 Å². The van der Waals surface area contributed by atoms with E-state index in [1.807, 2.05) is 19.1 Å². The molecule has 0 aromatic heterocycles. The molecule has 1 saturated heterocycles. The quantitative estimate of drug-likeness (QED) is 0.814. The number of nitrogens with one attached hydrogen (secondary N) is 1. The molecule has 0 bridgehead atoms. The van der Waals surface area contributed by atoms with E-state index in [1.54, 1.807) is 0 Å².